The van der Waals surface area contributed by atoms with E-state index < -0.39 is 0 Å². The lowest BCUT2D eigenvalue weighted by atomic mass is 10.2. The Balaban J connectivity index is 2.10. The van der Waals surface area contributed by atoms with Gasteiger partial charge in [0.1, 0.15) is 0 Å². The molecule has 0 radical (unpaired) electrons. The normalized spacial score (nSPS) is 24.9. The first kappa shape index (κ1) is 5.49. The Hall–Kier alpha value is 0.350. The van der Waals surface area contributed by atoms with Crippen LogP contribution in [0.25, 0.3) is 0 Å². The molecule has 0 aromatic rings. The minimum atomic E-state index is 0.708. The van der Waals surface area contributed by atoms with Crippen LogP contribution in [-0.4, -0.2) is 5.25 Å². The Morgan fingerprint density at radius 1 is 1.71 bits per heavy atom. The highest BCUT2D eigenvalue weighted by atomic mass is 32.1. The van der Waals surface area contributed by atoms with E-state index in [4.69, 9.17) is 0 Å². The fourth-order valence-electron chi connectivity index (χ4n) is 0.814. The van der Waals surface area contributed by atoms with Crippen LogP contribution < -0.4 is 0 Å². The highest BCUT2D eigenvalue weighted by Gasteiger charge is 2.26. The van der Waals surface area contributed by atoms with E-state index in [2.05, 4.69) is 19.6 Å². The number of thiol groups is 1. The van der Waals surface area contributed by atoms with Crippen molar-refractivity contribution in [3.05, 3.63) is 0 Å². The van der Waals surface area contributed by atoms with Gasteiger partial charge in [-0.05, 0) is 25.2 Å². The molecule has 42 valence electrons. The molecular weight excluding hydrogens is 104 g/mol. The molecule has 0 saturated heterocycles. The van der Waals surface area contributed by atoms with Crippen molar-refractivity contribution in [2.75, 3.05) is 0 Å². The first-order valence-corrected chi connectivity index (χ1v) is 3.54. The van der Waals surface area contributed by atoms with Crippen molar-refractivity contribution in [2.24, 2.45) is 5.92 Å². The van der Waals surface area contributed by atoms with Gasteiger partial charge in [-0.15, -0.1) is 0 Å². The second kappa shape index (κ2) is 2.08. The van der Waals surface area contributed by atoms with Crippen molar-refractivity contribution < 1.29 is 0 Å². The summed E-state index contributed by atoms with van der Waals surface area (Å²) in [4.78, 5) is 0. The molecule has 0 aromatic carbocycles. The van der Waals surface area contributed by atoms with E-state index in [1.807, 2.05) is 0 Å². The fourth-order valence-corrected chi connectivity index (χ4v) is 1.11. The molecule has 1 saturated carbocycles. The maximum absolute atomic E-state index is 4.39. The van der Waals surface area contributed by atoms with E-state index >= 15 is 0 Å². The molecule has 0 bridgehead atoms. The van der Waals surface area contributed by atoms with Crippen molar-refractivity contribution in [2.45, 2.75) is 31.4 Å². The summed E-state index contributed by atoms with van der Waals surface area (Å²) in [5.74, 6) is 0.980. The third kappa shape index (κ3) is 1.37. The average Bonchev–Trinajstić information content (AvgIpc) is 2.44. The monoisotopic (exact) mass is 116 g/mol. The minimum absolute atomic E-state index is 0.708. The van der Waals surface area contributed by atoms with E-state index in [-0.39, 0.29) is 0 Å². The molecule has 0 spiro atoms. The quantitative estimate of drug-likeness (QED) is 0.525. The van der Waals surface area contributed by atoms with Crippen LogP contribution in [0.5, 0.6) is 0 Å². The Morgan fingerprint density at radius 2 is 2.29 bits per heavy atom. The van der Waals surface area contributed by atoms with Gasteiger partial charge in [-0.1, -0.05) is 6.92 Å². The van der Waals surface area contributed by atoms with Crippen LogP contribution in [0, 0.1) is 5.92 Å². The van der Waals surface area contributed by atoms with Crippen LogP contribution in [0.3, 0.4) is 0 Å². The number of rotatable bonds is 2. The Labute approximate surface area is 50.7 Å². The van der Waals surface area contributed by atoms with Crippen LogP contribution >= 0.6 is 12.6 Å². The van der Waals surface area contributed by atoms with Crippen LogP contribution in [0.4, 0.5) is 0 Å². The Bertz CT molecular complexity index is 57.2. The van der Waals surface area contributed by atoms with E-state index in [1.54, 1.807) is 0 Å². The minimum Gasteiger partial charge on any atom is -0.176 e. The predicted octanol–water partition coefficient (Wildman–Crippen LogP) is 2.10. The zero-order valence-corrected chi connectivity index (χ0v) is 5.62. The van der Waals surface area contributed by atoms with Crippen LogP contribution in [0.1, 0.15) is 26.2 Å². The molecule has 0 aromatic heterocycles. The first-order chi connectivity index (χ1) is 3.34. The number of hydrogen-bond donors (Lipinski definition) is 1. The summed E-state index contributed by atoms with van der Waals surface area (Å²) in [5, 5.41) is 0.708. The summed E-state index contributed by atoms with van der Waals surface area (Å²) in [6, 6.07) is 0. The van der Waals surface area contributed by atoms with E-state index in [0.29, 0.717) is 5.25 Å². The van der Waals surface area contributed by atoms with Gasteiger partial charge in [0.15, 0.2) is 0 Å². The second-order valence-corrected chi connectivity index (χ2v) is 2.98. The summed E-state index contributed by atoms with van der Waals surface area (Å²) < 4.78 is 0. The van der Waals surface area contributed by atoms with Gasteiger partial charge in [-0.3, -0.25) is 0 Å². The molecule has 1 unspecified atom stereocenters. The maximum atomic E-state index is 4.39. The van der Waals surface area contributed by atoms with E-state index in [9.17, 15) is 0 Å². The molecule has 1 rings (SSSR count). The fraction of sp³-hybridized carbons (Fsp3) is 1.00. The van der Waals surface area contributed by atoms with Crippen molar-refractivity contribution in [3.63, 3.8) is 0 Å². The second-order valence-electron chi connectivity index (χ2n) is 2.31. The van der Waals surface area contributed by atoms with Crippen molar-refractivity contribution >= 4 is 12.6 Å². The molecule has 1 heteroatoms. The standard InChI is InChI=1S/C6H12S/c1-2-6(7)5-3-4-5/h5-7H,2-4H2,1H3. The molecule has 0 heterocycles. The molecule has 1 aliphatic rings. The summed E-state index contributed by atoms with van der Waals surface area (Å²) in [7, 11) is 0. The zero-order valence-electron chi connectivity index (χ0n) is 4.72. The lowest BCUT2D eigenvalue weighted by Gasteiger charge is -2.00. The molecule has 0 N–H and O–H groups in total. The summed E-state index contributed by atoms with van der Waals surface area (Å²) in [6.07, 6.45) is 4.11. The smallest absolute Gasteiger partial charge is 0.00424 e. The topological polar surface area (TPSA) is 0 Å². The van der Waals surface area contributed by atoms with Gasteiger partial charge in [-0.2, -0.15) is 12.6 Å². The van der Waals surface area contributed by atoms with E-state index in [0.717, 1.165) is 5.92 Å². The van der Waals surface area contributed by atoms with Gasteiger partial charge in [0.25, 0.3) is 0 Å². The van der Waals surface area contributed by atoms with E-state index in [1.165, 1.54) is 19.3 Å². The lowest BCUT2D eigenvalue weighted by molar-refractivity contribution is 0.734. The predicted molar refractivity (Wildman–Crippen MR) is 35.8 cm³/mol. The lowest BCUT2D eigenvalue weighted by Crippen LogP contribution is -1.96. The first-order valence-electron chi connectivity index (χ1n) is 3.02. The van der Waals surface area contributed by atoms with Gasteiger partial charge in [0, 0.05) is 5.25 Å². The molecule has 1 aliphatic carbocycles. The molecule has 1 atom stereocenters. The highest BCUT2D eigenvalue weighted by Crippen LogP contribution is 2.36. The zero-order chi connectivity index (χ0) is 5.28. The summed E-state index contributed by atoms with van der Waals surface area (Å²) in [5.41, 5.74) is 0. The average molecular weight is 116 g/mol. The highest BCUT2D eigenvalue weighted by molar-refractivity contribution is 7.81. The summed E-state index contributed by atoms with van der Waals surface area (Å²) in [6.45, 7) is 2.20. The molecular formula is C6H12S. The van der Waals surface area contributed by atoms with Crippen molar-refractivity contribution in [3.8, 4) is 0 Å². The SMILES string of the molecule is CCC(S)C1CC1. The van der Waals surface area contributed by atoms with Gasteiger partial charge in [-0.25, -0.2) is 0 Å². The van der Waals surface area contributed by atoms with Crippen LogP contribution in [-0.2, 0) is 0 Å². The Kier molecular flexibility index (Phi) is 1.63. The van der Waals surface area contributed by atoms with Crippen LogP contribution in [0.2, 0.25) is 0 Å². The van der Waals surface area contributed by atoms with Gasteiger partial charge < -0.3 is 0 Å². The van der Waals surface area contributed by atoms with Gasteiger partial charge >= 0.3 is 0 Å². The maximum Gasteiger partial charge on any atom is 0.00424 e. The largest absolute Gasteiger partial charge is 0.176 e. The van der Waals surface area contributed by atoms with Crippen molar-refractivity contribution in [1.82, 2.24) is 0 Å². The summed E-state index contributed by atoms with van der Waals surface area (Å²) >= 11 is 4.39. The number of hydrogen-bond acceptors (Lipinski definition) is 1. The molecule has 0 amide bonds. The molecule has 0 nitrogen and oxygen atoms in total. The molecule has 1 fully saturated rings. The van der Waals surface area contributed by atoms with Crippen LogP contribution in [0.15, 0.2) is 0 Å². The Morgan fingerprint density at radius 3 is 2.43 bits per heavy atom. The third-order valence-electron chi connectivity index (χ3n) is 1.58. The van der Waals surface area contributed by atoms with Gasteiger partial charge in [0.2, 0.25) is 0 Å². The molecule has 0 aliphatic heterocycles. The third-order valence-corrected chi connectivity index (χ3v) is 2.37. The van der Waals surface area contributed by atoms with Crippen molar-refractivity contribution in [1.29, 1.82) is 0 Å². The molecule has 7 heavy (non-hydrogen) atoms. The van der Waals surface area contributed by atoms with Gasteiger partial charge in [0.05, 0.1) is 0 Å².